The van der Waals surface area contributed by atoms with Gasteiger partial charge in [-0.1, -0.05) is 39.3 Å². The average Bonchev–Trinajstić information content (AvgIpc) is 3.20. The van der Waals surface area contributed by atoms with Gasteiger partial charge in [0.25, 0.3) is 11.7 Å². The van der Waals surface area contributed by atoms with E-state index >= 15 is 0 Å². The van der Waals surface area contributed by atoms with Crippen molar-refractivity contribution >= 4 is 17.4 Å². The van der Waals surface area contributed by atoms with Gasteiger partial charge in [0.1, 0.15) is 24.7 Å². The Morgan fingerprint density at radius 3 is 2.53 bits per heavy atom. The molecule has 2 aromatic rings. The van der Waals surface area contributed by atoms with Crippen LogP contribution >= 0.6 is 0 Å². The first-order valence-electron chi connectivity index (χ1n) is 13.6. The summed E-state index contributed by atoms with van der Waals surface area (Å²) in [5.41, 5.74) is 1.19. The quantitative estimate of drug-likeness (QED) is 0.186. The number of carbonyl (C=O) groups excluding carboxylic acids is 2. The summed E-state index contributed by atoms with van der Waals surface area (Å²) in [7, 11) is 0. The smallest absolute Gasteiger partial charge is 0.295 e. The number of aliphatic hydroxyl groups is 1. The van der Waals surface area contributed by atoms with E-state index in [4.69, 9.17) is 14.2 Å². The molecule has 0 radical (unpaired) electrons. The van der Waals surface area contributed by atoms with Crippen molar-refractivity contribution in [2.45, 2.75) is 46.1 Å². The van der Waals surface area contributed by atoms with E-state index in [2.05, 4.69) is 25.7 Å². The second-order valence-corrected chi connectivity index (χ2v) is 9.51. The molecule has 0 bridgehead atoms. The second kappa shape index (κ2) is 12.8. The predicted molar refractivity (Wildman–Crippen MR) is 146 cm³/mol. The minimum absolute atomic E-state index is 0.0697. The normalized spacial score (nSPS) is 18.3. The van der Waals surface area contributed by atoms with Crippen molar-refractivity contribution < 1.29 is 28.9 Å². The van der Waals surface area contributed by atoms with Crippen LogP contribution in [0.25, 0.3) is 5.76 Å². The van der Waals surface area contributed by atoms with Crippen LogP contribution < -0.4 is 14.2 Å². The van der Waals surface area contributed by atoms with Gasteiger partial charge in [-0.2, -0.15) is 0 Å². The number of benzene rings is 2. The molecule has 2 aliphatic heterocycles. The van der Waals surface area contributed by atoms with E-state index in [9.17, 15) is 14.7 Å². The minimum atomic E-state index is -0.727. The van der Waals surface area contributed by atoms with Crippen LogP contribution in [-0.2, 0) is 9.59 Å². The SMILES string of the molecule is CCCCOc1cccc([C@@H]2/C(=C(\O)c3ccc4c(c3)OCCO4)C(=O)C(=O)N2CCCN(CC)CC)c1. The maximum atomic E-state index is 13.4. The molecule has 1 atom stereocenters. The fourth-order valence-corrected chi connectivity index (χ4v) is 4.92. The summed E-state index contributed by atoms with van der Waals surface area (Å²) in [5, 5.41) is 11.4. The minimum Gasteiger partial charge on any atom is -0.507 e. The first kappa shape index (κ1) is 27.5. The molecule has 1 amide bonds. The van der Waals surface area contributed by atoms with Crippen molar-refractivity contribution in [1.29, 1.82) is 0 Å². The van der Waals surface area contributed by atoms with Crippen LogP contribution in [-0.4, -0.2) is 72.6 Å². The summed E-state index contributed by atoms with van der Waals surface area (Å²) in [5.74, 6) is 0.223. The Kier molecular flexibility index (Phi) is 9.29. The summed E-state index contributed by atoms with van der Waals surface area (Å²) in [6, 6.07) is 11.8. The molecule has 0 aliphatic carbocycles. The Balaban J connectivity index is 1.72. The molecule has 8 nitrogen and oxygen atoms in total. The van der Waals surface area contributed by atoms with Gasteiger partial charge in [-0.25, -0.2) is 0 Å². The second-order valence-electron chi connectivity index (χ2n) is 9.51. The lowest BCUT2D eigenvalue weighted by Crippen LogP contribution is -2.33. The zero-order chi connectivity index (χ0) is 27.1. The molecule has 1 fully saturated rings. The van der Waals surface area contributed by atoms with Gasteiger partial charge >= 0.3 is 0 Å². The molecular weight excluding hydrogens is 484 g/mol. The Bertz CT molecular complexity index is 1170. The summed E-state index contributed by atoms with van der Waals surface area (Å²) < 4.78 is 17.2. The molecule has 0 aromatic heterocycles. The zero-order valence-electron chi connectivity index (χ0n) is 22.6. The van der Waals surface area contributed by atoms with Crippen LogP contribution in [0.4, 0.5) is 0 Å². The van der Waals surface area contributed by atoms with Crippen LogP contribution in [0.2, 0.25) is 0 Å². The first-order chi connectivity index (χ1) is 18.5. The van der Waals surface area contributed by atoms with E-state index in [0.717, 1.165) is 38.0 Å². The third kappa shape index (κ3) is 5.96. The van der Waals surface area contributed by atoms with E-state index in [1.807, 2.05) is 24.3 Å². The number of amides is 1. The number of fused-ring (bicyclic) bond motifs is 1. The number of nitrogens with zero attached hydrogens (tertiary/aromatic N) is 2. The van der Waals surface area contributed by atoms with Gasteiger partial charge in [0.2, 0.25) is 0 Å². The Labute approximate surface area is 224 Å². The van der Waals surface area contributed by atoms with Crippen LogP contribution in [0.1, 0.15) is 57.2 Å². The molecule has 0 unspecified atom stereocenters. The van der Waals surface area contributed by atoms with E-state index in [1.54, 1.807) is 23.1 Å². The summed E-state index contributed by atoms with van der Waals surface area (Å²) in [4.78, 5) is 30.6. The van der Waals surface area contributed by atoms with Crippen molar-refractivity contribution in [2.75, 3.05) is 46.0 Å². The van der Waals surface area contributed by atoms with Crippen molar-refractivity contribution in [3.05, 3.63) is 59.2 Å². The Morgan fingerprint density at radius 2 is 1.79 bits per heavy atom. The standard InChI is InChI=1S/C30H38N2O6/c1-4-7-16-36-23-11-8-10-21(19-23)27-26(28(33)22-12-13-24-25(20-22)38-18-17-37-24)29(34)30(35)32(27)15-9-14-31(5-2)6-3/h8,10-13,19-20,27,33H,4-7,9,14-18H2,1-3H3/b28-26+/t27-/m1/s1. The molecule has 8 heteroatoms. The van der Waals surface area contributed by atoms with Gasteiger partial charge in [-0.3, -0.25) is 9.59 Å². The number of ketones is 1. The van der Waals surface area contributed by atoms with Crippen LogP contribution in [0.5, 0.6) is 17.2 Å². The lowest BCUT2D eigenvalue weighted by Gasteiger charge is -2.27. The molecule has 2 heterocycles. The van der Waals surface area contributed by atoms with Gasteiger partial charge in [0, 0.05) is 12.1 Å². The first-order valence-corrected chi connectivity index (χ1v) is 13.6. The van der Waals surface area contributed by atoms with Crippen LogP contribution in [0.3, 0.4) is 0 Å². The van der Waals surface area contributed by atoms with Gasteiger partial charge in [0.05, 0.1) is 18.2 Å². The number of Topliss-reactive ketones (excluding diaryl/α,β-unsaturated/α-hetero) is 1. The van der Waals surface area contributed by atoms with Crippen molar-refractivity contribution in [1.82, 2.24) is 9.80 Å². The highest BCUT2D eigenvalue weighted by molar-refractivity contribution is 6.46. The number of hydrogen-bond donors (Lipinski definition) is 1. The van der Waals surface area contributed by atoms with E-state index in [1.165, 1.54) is 0 Å². The molecular formula is C30H38N2O6. The molecule has 1 N–H and O–H groups in total. The maximum Gasteiger partial charge on any atom is 0.295 e. The highest BCUT2D eigenvalue weighted by Gasteiger charge is 2.46. The van der Waals surface area contributed by atoms with Crippen molar-refractivity contribution in [3.8, 4) is 17.2 Å². The largest absolute Gasteiger partial charge is 0.507 e. The predicted octanol–water partition coefficient (Wildman–Crippen LogP) is 4.79. The third-order valence-corrected chi connectivity index (χ3v) is 7.06. The van der Waals surface area contributed by atoms with Crippen molar-refractivity contribution in [3.63, 3.8) is 0 Å². The number of hydrogen-bond acceptors (Lipinski definition) is 7. The van der Waals surface area contributed by atoms with Gasteiger partial charge in [-0.05, 0) is 68.4 Å². The molecule has 4 rings (SSSR count). The lowest BCUT2D eigenvalue weighted by molar-refractivity contribution is -0.140. The van der Waals surface area contributed by atoms with Crippen LogP contribution in [0.15, 0.2) is 48.0 Å². The van der Waals surface area contributed by atoms with Gasteiger partial charge in [-0.15, -0.1) is 0 Å². The number of carbonyl (C=O) groups is 2. The van der Waals surface area contributed by atoms with Crippen LogP contribution in [0, 0.1) is 0 Å². The Hall–Kier alpha value is -3.52. The molecule has 38 heavy (non-hydrogen) atoms. The topological polar surface area (TPSA) is 88.5 Å². The molecule has 0 saturated carbocycles. The summed E-state index contributed by atoms with van der Waals surface area (Å²) >= 11 is 0. The summed E-state index contributed by atoms with van der Waals surface area (Å²) in [6.07, 6.45) is 2.65. The molecule has 2 aliphatic rings. The highest BCUT2D eigenvalue weighted by atomic mass is 16.6. The van der Waals surface area contributed by atoms with Crippen molar-refractivity contribution in [2.24, 2.45) is 0 Å². The highest BCUT2D eigenvalue weighted by Crippen LogP contribution is 2.41. The Morgan fingerprint density at radius 1 is 1.03 bits per heavy atom. The fourth-order valence-electron chi connectivity index (χ4n) is 4.92. The lowest BCUT2D eigenvalue weighted by atomic mass is 9.95. The van der Waals surface area contributed by atoms with E-state index in [0.29, 0.717) is 55.6 Å². The van der Waals surface area contributed by atoms with Gasteiger partial charge in [0.15, 0.2) is 11.5 Å². The number of likely N-dealkylation sites (tertiary alicyclic amines) is 1. The third-order valence-electron chi connectivity index (χ3n) is 7.06. The number of unbranched alkanes of at least 4 members (excludes halogenated alkanes) is 1. The molecule has 1 saturated heterocycles. The number of rotatable bonds is 12. The van der Waals surface area contributed by atoms with Gasteiger partial charge < -0.3 is 29.1 Å². The molecule has 204 valence electrons. The van der Waals surface area contributed by atoms with E-state index < -0.39 is 17.7 Å². The average molecular weight is 523 g/mol. The maximum absolute atomic E-state index is 13.4. The molecule has 2 aromatic carbocycles. The number of ether oxygens (including phenoxy) is 3. The fraction of sp³-hybridized carbons (Fsp3) is 0.467. The zero-order valence-corrected chi connectivity index (χ0v) is 22.6. The number of aliphatic hydroxyl groups excluding tert-OH is 1. The monoisotopic (exact) mass is 522 g/mol. The van der Waals surface area contributed by atoms with E-state index in [-0.39, 0.29) is 11.3 Å². The molecule has 0 spiro atoms. The summed E-state index contributed by atoms with van der Waals surface area (Å²) in [6.45, 7) is 10.8.